The van der Waals surface area contributed by atoms with Crippen molar-refractivity contribution in [2.45, 2.75) is 45.6 Å². The van der Waals surface area contributed by atoms with Crippen molar-refractivity contribution in [3.05, 3.63) is 41.4 Å². The Morgan fingerprint density at radius 1 is 1.04 bits per heavy atom. The summed E-state index contributed by atoms with van der Waals surface area (Å²) in [5.41, 5.74) is 2.72. The van der Waals surface area contributed by atoms with Gasteiger partial charge in [0, 0.05) is 24.5 Å². The maximum Gasteiger partial charge on any atom is 0.234 e. The molecule has 146 valence electrons. The summed E-state index contributed by atoms with van der Waals surface area (Å²) in [6.07, 6.45) is 8.44. The lowest BCUT2D eigenvalue weighted by molar-refractivity contribution is 0.198. The van der Waals surface area contributed by atoms with Crippen LogP contribution in [0.5, 0.6) is 0 Å². The Morgan fingerprint density at radius 3 is 2.57 bits per heavy atom. The quantitative estimate of drug-likeness (QED) is 0.879. The van der Waals surface area contributed by atoms with Crippen molar-refractivity contribution >= 4 is 5.82 Å². The lowest BCUT2D eigenvalue weighted by Gasteiger charge is -2.43. The van der Waals surface area contributed by atoms with Gasteiger partial charge in [-0.05, 0) is 64.5 Å². The van der Waals surface area contributed by atoms with Gasteiger partial charge in [-0.25, -0.2) is 9.97 Å². The van der Waals surface area contributed by atoms with Crippen molar-refractivity contribution in [3.8, 4) is 6.07 Å². The number of rotatable bonds is 3. The van der Waals surface area contributed by atoms with E-state index >= 15 is 0 Å². The van der Waals surface area contributed by atoms with E-state index in [-0.39, 0.29) is 11.9 Å². The van der Waals surface area contributed by atoms with Crippen LogP contribution in [0, 0.1) is 37.0 Å². The molecule has 0 aliphatic carbocycles. The van der Waals surface area contributed by atoms with E-state index in [1.54, 1.807) is 0 Å². The molecule has 7 heteroatoms. The minimum Gasteiger partial charge on any atom is -0.348 e. The van der Waals surface area contributed by atoms with Crippen LogP contribution in [0.15, 0.2) is 18.5 Å². The highest BCUT2D eigenvalue weighted by molar-refractivity contribution is 5.44. The van der Waals surface area contributed by atoms with E-state index in [4.69, 9.17) is 4.98 Å². The predicted molar refractivity (Wildman–Crippen MR) is 107 cm³/mol. The fourth-order valence-corrected chi connectivity index (χ4v) is 4.61. The Labute approximate surface area is 166 Å². The molecule has 1 unspecified atom stereocenters. The Hall–Kier alpha value is -2.59. The summed E-state index contributed by atoms with van der Waals surface area (Å²) < 4.78 is 0. The third-order valence-electron chi connectivity index (χ3n) is 6.07. The van der Waals surface area contributed by atoms with Crippen LogP contribution >= 0.6 is 0 Å². The van der Waals surface area contributed by atoms with E-state index in [9.17, 15) is 5.26 Å². The van der Waals surface area contributed by atoms with Gasteiger partial charge in [0.05, 0.1) is 23.6 Å². The smallest absolute Gasteiger partial charge is 0.234 e. The zero-order chi connectivity index (χ0) is 19.5. The molecule has 0 amide bonds. The average Bonchev–Trinajstić information content (AvgIpc) is 2.74. The van der Waals surface area contributed by atoms with Gasteiger partial charge in [0.1, 0.15) is 11.9 Å². The van der Waals surface area contributed by atoms with Crippen LogP contribution in [0.25, 0.3) is 0 Å². The van der Waals surface area contributed by atoms with Crippen molar-refractivity contribution < 1.29 is 0 Å². The third-order valence-corrected chi connectivity index (χ3v) is 6.07. The minimum atomic E-state index is 0.127. The van der Waals surface area contributed by atoms with Gasteiger partial charge in [0.15, 0.2) is 0 Å². The van der Waals surface area contributed by atoms with Crippen molar-refractivity contribution in [2.75, 3.05) is 24.5 Å². The summed E-state index contributed by atoms with van der Waals surface area (Å²) in [5.74, 6) is 2.50. The number of piperidine rings is 2. The Morgan fingerprint density at radius 2 is 1.86 bits per heavy atom. The zero-order valence-electron chi connectivity index (χ0n) is 16.6. The Kier molecular flexibility index (Phi) is 5.49. The third kappa shape index (κ3) is 3.97. The number of nitrogens with zero attached hydrogens (tertiary/aromatic N) is 6. The summed E-state index contributed by atoms with van der Waals surface area (Å²) in [6.45, 7) is 7.03. The highest BCUT2D eigenvalue weighted by Crippen LogP contribution is 2.41. The summed E-state index contributed by atoms with van der Waals surface area (Å²) in [5, 5.41) is 12.8. The van der Waals surface area contributed by atoms with Gasteiger partial charge in [-0.15, -0.1) is 0 Å². The molecule has 0 aromatic carbocycles. The van der Waals surface area contributed by atoms with E-state index in [0.717, 1.165) is 61.3 Å². The first-order valence-electron chi connectivity index (χ1n) is 10.2. The van der Waals surface area contributed by atoms with E-state index in [1.165, 1.54) is 12.8 Å². The largest absolute Gasteiger partial charge is 0.348 e. The molecule has 2 aliphatic heterocycles. The molecule has 2 atom stereocenters. The van der Waals surface area contributed by atoms with Crippen molar-refractivity contribution in [1.29, 1.82) is 5.26 Å². The van der Waals surface area contributed by atoms with Crippen LogP contribution in [-0.4, -0.2) is 39.6 Å². The maximum absolute atomic E-state index is 9.29. The lowest BCUT2D eigenvalue weighted by Crippen LogP contribution is -2.42. The van der Waals surface area contributed by atoms with Gasteiger partial charge in [0.2, 0.25) is 5.82 Å². The van der Waals surface area contributed by atoms with Crippen LogP contribution in [0.2, 0.25) is 0 Å². The average molecular weight is 377 g/mol. The van der Waals surface area contributed by atoms with Gasteiger partial charge >= 0.3 is 0 Å². The standard InChI is InChI=1S/C21H27N7/c1-14-9-21(27-20(11-22)26-14)28-8-5-17(16-3-6-23-7-4-16)10-19(28)18-13-24-15(2)12-25-18/h9,12-13,16-17,19,23H,3-8,10H2,1-2H3/t17?,19-/m1/s1. The van der Waals surface area contributed by atoms with E-state index in [1.807, 2.05) is 32.3 Å². The van der Waals surface area contributed by atoms with Crippen LogP contribution in [0.3, 0.4) is 0 Å². The number of anilines is 1. The molecule has 4 heterocycles. The van der Waals surface area contributed by atoms with Crippen LogP contribution < -0.4 is 10.2 Å². The molecule has 0 spiro atoms. The second-order valence-electron chi connectivity index (χ2n) is 7.97. The SMILES string of the molecule is Cc1cnc([C@H]2CC(C3CCNCC3)CCN2c2cc(C)nc(C#N)n2)cn1. The molecule has 0 saturated carbocycles. The number of hydrogen-bond acceptors (Lipinski definition) is 7. The molecule has 2 aliphatic rings. The monoisotopic (exact) mass is 377 g/mol. The number of nitriles is 1. The predicted octanol–water partition coefficient (Wildman–Crippen LogP) is 2.71. The number of nitrogens with one attached hydrogen (secondary N) is 1. The molecule has 0 bridgehead atoms. The van der Waals surface area contributed by atoms with Crippen LogP contribution in [-0.2, 0) is 0 Å². The fourth-order valence-electron chi connectivity index (χ4n) is 4.61. The number of hydrogen-bond donors (Lipinski definition) is 1. The first-order valence-corrected chi connectivity index (χ1v) is 10.2. The van der Waals surface area contributed by atoms with Gasteiger partial charge in [-0.1, -0.05) is 0 Å². The van der Waals surface area contributed by atoms with E-state index in [0.29, 0.717) is 5.92 Å². The van der Waals surface area contributed by atoms with E-state index in [2.05, 4.69) is 31.2 Å². The summed E-state index contributed by atoms with van der Waals surface area (Å²) in [4.78, 5) is 20.2. The number of aromatic nitrogens is 4. The van der Waals surface area contributed by atoms with Crippen molar-refractivity contribution in [2.24, 2.45) is 11.8 Å². The molecule has 0 radical (unpaired) electrons. The molecule has 2 aromatic rings. The van der Waals surface area contributed by atoms with Gasteiger partial charge in [0.25, 0.3) is 0 Å². The second-order valence-corrected chi connectivity index (χ2v) is 7.97. The number of aryl methyl sites for hydroxylation is 2. The molecule has 7 nitrogen and oxygen atoms in total. The van der Waals surface area contributed by atoms with Gasteiger partial charge in [-0.3, -0.25) is 9.97 Å². The molecule has 4 rings (SSSR count). The van der Waals surface area contributed by atoms with Gasteiger partial charge < -0.3 is 10.2 Å². The first-order chi connectivity index (χ1) is 13.6. The Bertz CT molecular complexity index is 852. The molecular formula is C21H27N7. The summed E-state index contributed by atoms with van der Waals surface area (Å²) in [7, 11) is 0. The Balaban J connectivity index is 1.66. The van der Waals surface area contributed by atoms with E-state index < -0.39 is 0 Å². The van der Waals surface area contributed by atoms with Crippen LogP contribution in [0.4, 0.5) is 5.82 Å². The lowest BCUT2D eigenvalue weighted by atomic mass is 9.76. The summed E-state index contributed by atoms with van der Waals surface area (Å²) in [6, 6.07) is 4.19. The van der Waals surface area contributed by atoms with Crippen molar-refractivity contribution in [3.63, 3.8) is 0 Å². The normalized spacial score (nSPS) is 23.4. The molecule has 28 heavy (non-hydrogen) atoms. The van der Waals surface area contributed by atoms with Gasteiger partial charge in [-0.2, -0.15) is 5.26 Å². The van der Waals surface area contributed by atoms with Crippen LogP contribution in [0.1, 0.15) is 54.6 Å². The molecule has 2 fully saturated rings. The maximum atomic E-state index is 9.29. The second kappa shape index (κ2) is 8.19. The molecule has 2 aromatic heterocycles. The molecule has 1 N–H and O–H groups in total. The fraction of sp³-hybridized carbons (Fsp3) is 0.571. The summed E-state index contributed by atoms with van der Waals surface area (Å²) >= 11 is 0. The minimum absolute atomic E-state index is 0.127. The molecule has 2 saturated heterocycles. The molecular weight excluding hydrogens is 350 g/mol. The highest BCUT2D eigenvalue weighted by atomic mass is 15.2. The highest BCUT2D eigenvalue weighted by Gasteiger charge is 2.35. The topological polar surface area (TPSA) is 90.6 Å². The zero-order valence-corrected chi connectivity index (χ0v) is 16.6. The first kappa shape index (κ1) is 18.8. The van der Waals surface area contributed by atoms with Crippen molar-refractivity contribution in [1.82, 2.24) is 25.3 Å².